The van der Waals surface area contributed by atoms with E-state index in [0.29, 0.717) is 6.07 Å². The Kier molecular flexibility index (Phi) is 3.95. The summed E-state index contributed by atoms with van der Waals surface area (Å²) < 4.78 is 72.3. The summed E-state index contributed by atoms with van der Waals surface area (Å²) in [6.45, 7) is -1.31. The Morgan fingerprint density at radius 2 is 1.65 bits per heavy atom. The van der Waals surface area contributed by atoms with Crippen LogP contribution in [0.2, 0.25) is 0 Å². The van der Waals surface area contributed by atoms with Crippen molar-refractivity contribution in [1.29, 1.82) is 0 Å². The first-order chi connectivity index (χ1) is 7.59. The third-order valence-electron chi connectivity index (χ3n) is 1.78. The van der Waals surface area contributed by atoms with E-state index in [1.54, 1.807) is 0 Å². The molecule has 96 valence electrons. The fourth-order valence-corrected chi connectivity index (χ4v) is 1.55. The first kappa shape index (κ1) is 14.1. The summed E-state index contributed by atoms with van der Waals surface area (Å²) in [5, 5.41) is 1.99. The van der Waals surface area contributed by atoms with Crippen molar-refractivity contribution < 1.29 is 26.3 Å². The van der Waals surface area contributed by atoms with Gasteiger partial charge in [-0.25, -0.2) is 0 Å². The zero-order valence-corrected chi connectivity index (χ0v) is 9.67. The van der Waals surface area contributed by atoms with Crippen LogP contribution >= 0.6 is 15.9 Å². The number of hydrogen-bond donors (Lipinski definition) is 1. The maximum absolute atomic E-state index is 12.3. The third kappa shape index (κ3) is 4.45. The molecule has 0 bridgehead atoms. The Morgan fingerprint density at radius 1 is 1.06 bits per heavy atom. The van der Waals surface area contributed by atoms with Gasteiger partial charge in [-0.15, -0.1) is 0 Å². The van der Waals surface area contributed by atoms with Gasteiger partial charge in [0.25, 0.3) is 0 Å². The van der Waals surface area contributed by atoms with E-state index in [0.717, 1.165) is 12.1 Å². The summed E-state index contributed by atoms with van der Waals surface area (Å²) in [5.41, 5.74) is -0.975. The molecule has 0 spiro atoms. The van der Waals surface area contributed by atoms with Crippen molar-refractivity contribution >= 4 is 21.6 Å². The largest absolute Gasteiger partial charge is 0.416 e. The minimum atomic E-state index is -4.52. The fraction of sp³-hybridized carbons (Fsp3) is 0.333. The van der Waals surface area contributed by atoms with Gasteiger partial charge in [-0.2, -0.15) is 26.3 Å². The fourth-order valence-electron chi connectivity index (χ4n) is 1.03. The first-order valence-electron chi connectivity index (χ1n) is 4.27. The van der Waals surface area contributed by atoms with E-state index >= 15 is 0 Å². The van der Waals surface area contributed by atoms with E-state index in [4.69, 9.17) is 0 Å². The predicted molar refractivity (Wildman–Crippen MR) is 53.7 cm³/mol. The molecule has 0 saturated heterocycles. The van der Waals surface area contributed by atoms with Crippen LogP contribution in [-0.2, 0) is 6.18 Å². The average Bonchev–Trinajstić information content (AvgIpc) is 2.12. The number of halogens is 7. The molecule has 0 aliphatic carbocycles. The van der Waals surface area contributed by atoms with Crippen LogP contribution in [0.4, 0.5) is 32.0 Å². The highest BCUT2D eigenvalue weighted by atomic mass is 79.9. The van der Waals surface area contributed by atoms with Gasteiger partial charge in [0.1, 0.15) is 6.54 Å². The topological polar surface area (TPSA) is 12.0 Å². The van der Waals surface area contributed by atoms with Crippen LogP contribution in [0.25, 0.3) is 0 Å². The monoisotopic (exact) mass is 321 g/mol. The molecule has 0 saturated carbocycles. The van der Waals surface area contributed by atoms with Crippen molar-refractivity contribution in [2.24, 2.45) is 0 Å². The molecule has 1 N–H and O–H groups in total. The molecule has 0 amide bonds. The summed E-state index contributed by atoms with van der Waals surface area (Å²) in [6, 6.07) is 2.38. The van der Waals surface area contributed by atoms with Crippen LogP contribution in [-0.4, -0.2) is 12.7 Å². The zero-order chi connectivity index (χ0) is 13.3. The average molecular weight is 322 g/mol. The smallest absolute Gasteiger partial charge is 0.376 e. The lowest BCUT2D eigenvalue weighted by Crippen LogP contribution is -2.21. The molecular formula is C9H6BrF6N. The quantitative estimate of drug-likeness (QED) is 0.794. The van der Waals surface area contributed by atoms with Gasteiger partial charge < -0.3 is 5.32 Å². The van der Waals surface area contributed by atoms with Gasteiger partial charge in [0.05, 0.1) is 5.56 Å². The van der Waals surface area contributed by atoms with Crippen molar-refractivity contribution in [2.75, 3.05) is 11.9 Å². The molecule has 0 atom stereocenters. The van der Waals surface area contributed by atoms with Gasteiger partial charge in [0, 0.05) is 10.2 Å². The molecule has 0 aliphatic heterocycles. The molecule has 8 heteroatoms. The van der Waals surface area contributed by atoms with Crippen molar-refractivity contribution in [2.45, 2.75) is 12.4 Å². The second-order valence-corrected chi connectivity index (χ2v) is 4.02. The molecule has 0 aromatic heterocycles. The lowest BCUT2D eigenvalue weighted by Gasteiger charge is -2.13. The Bertz CT molecular complexity index is 397. The maximum Gasteiger partial charge on any atom is 0.416 e. The Morgan fingerprint density at radius 3 is 2.06 bits per heavy atom. The Hall–Kier alpha value is -0.920. The number of hydrogen-bond acceptors (Lipinski definition) is 1. The Balaban J connectivity index is 2.84. The van der Waals surface area contributed by atoms with Crippen LogP contribution in [0, 0.1) is 0 Å². The molecule has 17 heavy (non-hydrogen) atoms. The van der Waals surface area contributed by atoms with Crippen LogP contribution in [0.1, 0.15) is 5.56 Å². The van der Waals surface area contributed by atoms with E-state index < -0.39 is 24.5 Å². The standard InChI is InChI=1S/C9H6BrF6N/c10-6-3-5(9(14,15)16)1-2-7(6)17-4-8(11,12)13/h1-3,17H,4H2. The van der Waals surface area contributed by atoms with Crippen LogP contribution in [0.5, 0.6) is 0 Å². The third-order valence-corrected chi connectivity index (χ3v) is 2.43. The zero-order valence-electron chi connectivity index (χ0n) is 8.08. The molecule has 0 heterocycles. The van der Waals surface area contributed by atoms with Crippen molar-refractivity contribution in [3.8, 4) is 0 Å². The van der Waals surface area contributed by atoms with Crippen molar-refractivity contribution in [1.82, 2.24) is 0 Å². The second-order valence-electron chi connectivity index (χ2n) is 3.16. The molecule has 0 unspecified atom stereocenters. The van der Waals surface area contributed by atoms with E-state index in [2.05, 4.69) is 15.9 Å². The van der Waals surface area contributed by atoms with Crippen LogP contribution < -0.4 is 5.32 Å². The lowest BCUT2D eigenvalue weighted by molar-refractivity contribution is -0.137. The van der Waals surface area contributed by atoms with Gasteiger partial charge >= 0.3 is 12.4 Å². The minimum Gasteiger partial charge on any atom is -0.376 e. The number of rotatable bonds is 2. The van der Waals surface area contributed by atoms with Gasteiger partial charge in [0.2, 0.25) is 0 Å². The van der Waals surface area contributed by atoms with Gasteiger partial charge in [-0.1, -0.05) is 0 Å². The molecule has 1 aromatic rings. The summed E-state index contributed by atoms with van der Waals surface area (Å²) in [5.74, 6) is 0. The normalized spacial score (nSPS) is 12.6. The van der Waals surface area contributed by atoms with Gasteiger partial charge in [-0.3, -0.25) is 0 Å². The summed E-state index contributed by atoms with van der Waals surface area (Å²) >= 11 is 2.78. The lowest BCUT2D eigenvalue weighted by atomic mass is 10.2. The maximum atomic E-state index is 12.3. The van der Waals surface area contributed by atoms with Crippen LogP contribution in [0.3, 0.4) is 0 Å². The molecule has 1 nitrogen and oxygen atoms in total. The summed E-state index contributed by atoms with van der Waals surface area (Å²) in [6.07, 6.45) is -8.95. The second kappa shape index (κ2) is 4.75. The van der Waals surface area contributed by atoms with E-state index in [-0.39, 0.29) is 10.2 Å². The summed E-state index contributed by atoms with van der Waals surface area (Å²) in [7, 11) is 0. The number of benzene rings is 1. The molecule has 0 aliphatic rings. The molecular weight excluding hydrogens is 316 g/mol. The molecule has 1 aromatic carbocycles. The van der Waals surface area contributed by atoms with E-state index in [9.17, 15) is 26.3 Å². The Labute approximate surface area is 101 Å². The van der Waals surface area contributed by atoms with Crippen molar-refractivity contribution in [3.63, 3.8) is 0 Å². The molecule has 0 radical (unpaired) electrons. The number of anilines is 1. The van der Waals surface area contributed by atoms with Crippen LogP contribution in [0.15, 0.2) is 22.7 Å². The van der Waals surface area contributed by atoms with Gasteiger partial charge in [-0.05, 0) is 34.1 Å². The van der Waals surface area contributed by atoms with Gasteiger partial charge in [0.15, 0.2) is 0 Å². The first-order valence-corrected chi connectivity index (χ1v) is 5.06. The SMILES string of the molecule is FC(F)(F)CNc1ccc(C(F)(F)F)cc1Br. The number of nitrogens with one attached hydrogen (secondary N) is 1. The molecule has 0 fully saturated rings. The number of alkyl halides is 6. The highest BCUT2D eigenvalue weighted by molar-refractivity contribution is 9.10. The highest BCUT2D eigenvalue weighted by Crippen LogP contribution is 2.34. The van der Waals surface area contributed by atoms with E-state index in [1.165, 1.54) is 0 Å². The predicted octanol–water partition coefficient (Wildman–Crippen LogP) is 4.44. The molecule has 1 rings (SSSR count). The van der Waals surface area contributed by atoms with Crippen molar-refractivity contribution in [3.05, 3.63) is 28.2 Å². The van der Waals surface area contributed by atoms with E-state index in [1.807, 2.05) is 5.32 Å². The minimum absolute atomic E-state index is 0.0460. The highest BCUT2D eigenvalue weighted by Gasteiger charge is 2.31. The summed E-state index contributed by atoms with van der Waals surface area (Å²) in [4.78, 5) is 0.